The normalized spacial score (nSPS) is 18.7. The molecule has 0 spiro atoms. The van der Waals surface area contributed by atoms with Gasteiger partial charge in [0.05, 0.1) is 16.2 Å². The van der Waals surface area contributed by atoms with Crippen LogP contribution in [0.1, 0.15) is 99.1 Å². The summed E-state index contributed by atoms with van der Waals surface area (Å²) in [6.07, 6.45) is 3.85. The summed E-state index contributed by atoms with van der Waals surface area (Å²) in [4.78, 5) is 74.2. The molecule has 2 fully saturated rings. The maximum absolute atomic E-state index is 12.2. The summed E-state index contributed by atoms with van der Waals surface area (Å²) >= 11 is 11.3. The molecule has 0 radical (unpaired) electrons. The van der Waals surface area contributed by atoms with E-state index in [0.717, 1.165) is 11.6 Å². The number of ether oxygens (including phenoxy) is 2. The van der Waals surface area contributed by atoms with Gasteiger partial charge in [-0.25, -0.2) is 9.59 Å². The van der Waals surface area contributed by atoms with Gasteiger partial charge in [0.25, 0.3) is 0 Å². The van der Waals surface area contributed by atoms with Crippen LogP contribution in [0.2, 0.25) is 0 Å². The fourth-order valence-corrected chi connectivity index (χ4v) is 7.89. The molecule has 0 aromatic heterocycles. The molecule has 0 saturated carbocycles. The Kier molecular flexibility index (Phi) is 15.1. The number of nitrogens with zero attached hydrogens (tertiary/aromatic N) is 2. The van der Waals surface area contributed by atoms with Crippen molar-refractivity contribution in [2.24, 2.45) is 0 Å². The summed E-state index contributed by atoms with van der Waals surface area (Å²) in [5.74, 6) is -1.24. The Hall–Kier alpha value is -3.95. The van der Waals surface area contributed by atoms with Gasteiger partial charge in [0.1, 0.15) is 11.2 Å². The predicted octanol–water partition coefficient (Wildman–Crippen LogP) is 7.00. The lowest BCUT2D eigenvalue weighted by molar-refractivity contribution is -0.111. The van der Waals surface area contributed by atoms with Crippen molar-refractivity contribution in [2.75, 3.05) is 37.7 Å². The number of piperidine rings is 2. The quantitative estimate of drug-likeness (QED) is 0.214. The van der Waals surface area contributed by atoms with E-state index in [1.165, 1.54) is 17.8 Å². The van der Waals surface area contributed by atoms with Crippen LogP contribution in [0.3, 0.4) is 0 Å². The summed E-state index contributed by atoms with van der Waals surface area (Å²) in [7, 11) is 0. The smallest absolute Gasteiger partial charge is 0.410 e. The molecule has 6 rings (SSSR count). The van der Waals surface area contributed by atoms with E-state index >= 15 is 0 Å². The van der Waals surface area contributed by atoms with Crippen LogP contribution in [0, 0.1) is 0 Å². The second-order valence-electron chi connectivity index (χ2n) is 16.3. The number of benzene rings is 2. The van der Waals surface area contributed by atoms with Crippen LogP contribution in [0.25, 0.3) is 9.94 Å². The molecule has 308 valence electrons. The minimum absolute atomic E-state index is 0.297. The zero-order chi connectivity index (χ0) is 42.3. The van der Waals surface area contributed by atoms with Crippen LogP contribution in [0.5, 0.6) is 0 Å². The van der Waals surface area contributed by atoms with Crippen LogP contribution < -0.4 is 0 Å². The third kappa shape index (κ3) is 12.8. The Morgan fingerprint density at radius 1 is 0.684 bits per heavy atom. The number of allylic oxidation sites excluding steroid dienone is 2. The number of ketones is 4. The zero-order valence-corrected chi connectivity index (χ0v) is 35.6. The molecule has 12 nitrogen and oxygen atoms in total. The number of carbonyl (C=O) groups excluding carboxylic acids is 6. The Bertz CT molecular complexity index is 1930. The number of fused-ring (bicyclic) bond motifs is 2. The van der Waals surface area contributed by atoms with Crippen molar-refractivity contribution in [1.82, 2.24) is 9.80 Å². The summed E-state index contributed by atoms with van der Waals surface area (Å²) < 4.78 is 10.6. The number of hydrogen-bond acceptors (Lipinski definition) is 12. The van der Waals surface area contributed by atoms with Crippen LogP contribution in [0.15, 0.2) is 60.7 Å². The van der Waals surface area contributed by atoms with E-state index in [0.29, 0.717) is 90.0 Å². The monoisotopic (exact) mass is 842 g/mol. The van der Waals surface area contributed by atoms with E-state index in [-0.39, 0.29) is 12.2 Å². The number of thiol groups is 1. The van der Waals surface area contributed by atoms with Crippen molar-refractivity contribution in [2.45, 2.75) is 89.6 Å². The highest BCUT2D eigenvalue weighted by atomic mass is 35.5. The summed E-state index contributed by atoms with van der Waals surface area (Å²) in [5, 5.41) is 21.2. The van der Waals surface area contributed by atoms with Crippen LogP contribution in [0.4, 0.5) is 9.59 Å². The van der Waals surface area contributed by atoms with E-state index in [9.17, 15) is 39.0 Å². The van der Waals surface area contributed by atoms with Crippen LogP contribution in [-0.2, 0) is 19.1 Å². The van der Waals surface area contributed by atoms with Crippen molar-refractivity contribution in [3.8, 4) is 0 Å². The first kappa shape index (κ1) is 45.7. The van der Waals surface area contributed by atoms with Crippen LogP contribution >= 0.6 is 36.0 Å². The van der Waals surface area contributed by atoms with Gasteiger partial charge in [0, 0.05) is 71.4 Å². The minimum Gasteiger partial charge on any atom is -0.444 e. The second-order valence-corrected chi connectivity index (χ2v) is 18.0. The lowest BCUT2D eigenvalue weighted by atomic mass is 9.94. The van der Waals surface area contributed by atoms with Gasteiger partial charge in [-0.2, -0.15) is 12.6 Å². The summed E-state index contributed by atoms with van der Waals surface area (Å²) in [6.45, 7) is 12.9. The molecule has 0 unspecified atom stereocenters. The van der Waals surface area contributed by atoms with E-state index in [2.05, 4.69) is 12.6 Å². The first-order valence-corrected chi connectivity index (χ1v) is 20.6. The second kappa shape index (κ2) is 18.8. The number of likely N-dealkylation sites (tertiary alicyclic amines) is 2. The predicted molar refractivity (Wildman–Crippen MR) is 224 cm³/mol. The Morgan fingerprint density at radius 3 is 1.51 bits per heavy atom. The number of carbonyl (C=O) groups is 6. The maximum Gasteiger partial charge on any atom is 0.410 e. The molecular weight excluding hydrogens is 792 g/mol. The van der Waals surface area contributed by atoms with Crippen LogP contribution in [-0.4, -0.2) is 115 Å². The molecular formula is C42H51ClN2O10S2. The van der Waals surface area contributed by atoms with Gasteiger partial charge >= 0.3 is 12.2 Å². The average molecular weight is 843 g/mol. The van der Waals surface area contributed by atoms with Gasteiger partial charge in [-0.1, -0.05) is 60.1 Å². The SMILES string of the molecule is CC(C)(C)OC(=O)N1CCC(O)(CS)CC1.CC(C)(C)OC(=O)N1CCC(O)(CSC2=CC(=O)C(=O)c3ccccc32)CC1.O=C1C=C(Cl)c2ccccc2C1=O. The lowest BCUT2D eigenvalue weighted by Gasteiger charge is -2.38. The van der Waals surface area contributed by atoms with Gasteiger partial charge < -0.3 is 29.5 Å². The van der Waals surface area contributed by atoms with E-state index < -0.39 is 45.5 Å². The van der Waals surface area contributed by atoms with Crippen molar-refractivity contribution < 1.29 is 48.5 Å². The number of amides is 2. The van der Waals surface area contributed by atoms with Crippen molar-refractivity contribution in [3.05, 3.63) is 82.9 Å². The fourth-order valence-electron chi connectivity index (χ4n) is 6.07. The van der Waals surface area contributed by atoms with E-state index in [1.807, 2.05) is 53.7 Å². The fraction of sp³-hybridized carbons (Fsp3) is 0.476. The van der Waals surface area contributed by atoms with E-state index in [4.69, 9.17) is 21.1 Å². The Morgan fingerprint density at radius 2 is 1.07 bits per heavy atom. The molecule has 2 aromatic carbocycles. The molecule has 2 amide bonds. The van der Waals surface area contributed by atoms with Crippen molar-refractivity contribution >= 4 is 81.2 Å². The first-order chi connectivity index (χ1) is 26.5. The summed E-state index contributed by atoms with van der Waals surface area (Å²) in [5.41, 5.74) is -0.518. The molecule has 4 aliphatic rings. The van der Waals surface area contributed by atoms with Gasteiger partial charge in [-0.05, 0) is 72.8 Å². The summed E-state index contributed by atoms with van der Waals surface area (Å²) in [6, 6.07) is 13.8. The van der Waals surface area contributed by atoms with Gasteiger partial charge in [-0.3, -0.25) is 19.2 Å². The molecule has 2 N–H and O–H groups in total. The highest BCUT2D eigenvalue weighted by Crippen LogP contribution is 2.38. The minimum atomic E-state index is -0.941. The highest BCUT2D eigenvalue weighted by molar-refractivity contribution is 8.08. The maximum atomic E-state index is 12.2. The topological polar surface area (TPSA) is 168 Å². The number of thioether (sulfide) groups is 1. The number of halogens is 1. The standard InChI is InChI=1S/C21H25NO5S.C11H21NO3S.C10H5ClO2/c1-20(2,3)27-19(25)22-10-8-21(26,9-11-22)13-28-17-12-16(23)18(24)15-7-5-4-6-14(15)17;1-10(2,3)15-9(13)12-6-4-11(14,8-16)5-7-12;11-8-5-9(12)10(13)7-4-2-1-3-6(7)8/h4-7,12,26H,8-11,13H2,1-3H3;14,16H,4-8H2,1-3H3;1-5H. The molecule has 15 heteroatoms. The number of Topliss-reactive ketones (excluding diaryl/α,β-unsaturated/α-hetero) is 2. The molecule has 57 heavy (non-hydrogen) atoms. The van der Waals surface area contributed by atoms with E-state index in [1.54, 1.807) is 46.2 Å². The van der Waals surface area contributed by atoms with Crippen molar-refractivity contribution in [1.29, 1.82) is 0 Å². The molecule has 2 aliphatic carbocycles. The number of hydrogen-bond donors (Lipinski definition) is 3. The molecule has 2 saturated heterocycles. The van der Waals surface area contributed by atoms with Crippen molar-refractivity contribution in [3.63, 3.8) is 0 Å². The third-order valence-electron chi connectivity index (χ3n) is 9.32. The molecule has 0 bridgehead atoms. The Labute approximate surface area is 348 Å². The first-order valence-electron chi connectivity index (χ1n) is 18.6. The third-order valence-corrected chi connectivity index (χ3v) is 11.5. The number of rotatable bonds is 4. The zero-order valence-electron chi connectivity index (χ0n) is 33.1. The molecule has 0 atom stereocenters. The molecule has 2 aliphatic heterocycles. The molecule has 2 aromatic rings. The highest BCUT2D eigenvalue weighted by Gasteiger charge is 2.37. The number of aliphatic hydroxyl groups is 2. The van der Waals surface area contributed by atoms with Gasteiger partial charge in [0.2, 0.25) is 23.1 Å². The lowest BCUT2D eigenvalue weighted by Crippen LogP contribution is -2.49. The Balaban J connectivity index is 0.000000209. The average Bonchev–Trinajstić information content (AvgIpc) is 3.14. The van der Waals surface area contributed by atoms with Gasteiger partial charge in [-0.15, -0.1) is 11.8 Å². The van der Waals surface area contributed by atoms with Gasteiger partial charge in [0.15, 0.2) is 0 Å². The molecule has 2 heterocycles. The largest absolute Gasteiger partial charge is 0.444 e.